The maximum absolute atomic E-state index is 10.0. The number of nitriles is 1. The number of pyridine rings is 1. The van der Waals surface area contributed by atoms with Crippen molar-refractivity contribution < 1.29 is 5.11 Å². The molecule has 1 aromatic heterocycles. The second kappa shape index (κ2) is 5.98. The highest BCUT2D eigenvalue weighted by Gasteiger charge is 2.09. The molecule has 0 saturated heterocycles. The molecule has 96 valence electrons. The number of hydrogen-bond acceptors (Lipinski definition) is 4. The van der Waals surface area contributed by atoms with Gasteiger partial charge in [-0.1, -0.05) is 30.3 Å². The number of aliphatic hydroxyl groups is 1. The Balaban J connectivity index is 2.07. The Hall–Kier alpha value is -2.38. The van der Waals surface area contributed by atoms with Gasteiger partial charge in [0, 0.05) is 12.2 Å². The van der Waals surface area contributed by atoms with Gasteiger partial charge in [-0.05, 0) is 24.6 Å². The number of aryl methyl sites for hydroxylation is 1. The van der Waals surface area contributed by atoms with Crippen LogP contribution in [-0.4, -0.2) is 16.6 Å². The third-order valence-electron chi connectivity index (χ3n) is 2.80. The predicted molar refractivity (Wildman–Crippen MR) is 73.6 cm³/mol. The number of aliphatic hydroxyl groups excluding tert-OH is 1. The third-order valence-corrected chi connectivity index (χ3v) is 2.80. The molecule has 0 aliphatic rings. The second-order valence-electron chi connectivity index (χ2n) is 4.27. The van der Waals surface area contributed by atoms with Crippen molar-refractivity contribution in [2.75, 3.05) is 11.9 Å². The van der Waals surface area contributed by atoms with E-state index in [1.807, 2.05) is 37.3 Å². The number of benzene rings is 1. The lowest BCUT2D eigenvalue weighted by Gasteiger charge is -2.13. The van der Waals surface area contributed by atoms with E-state index in [2.05, 4.69) is 16.4 Å². The van der Waals surface area contributed by atoms with Crippen LogP contribution in [0.1, 0.15) is 22.9 Å². The fraction of sp³-hybridized carbons (Fsp3) is 0.200. The van der Waals surface area contributed by atoms with Gasteiger partial charge >= 0.3 is 0 Å². The Morgan fingerprint density at radius 1 is 1.26 bits per heavy atom. The summed E-state index contributed by atoms with van der Waals surface area (Å²) in [5.41, 5.74) is 2.14. The number of nitrogens with zero attached hydrogens (tertiary/aromatic N) is 2. The van der Waals surface area contributed by atoms with Crippen LogP contribution in [-0.2, 0) is 0 Å². The van der Waals surface area contributed by atoms with Crippen molar-refractivity contribution in [3.8, 4) is 6.07 Å². The Bertz CT molecular complexity index is 590. The molecule has 2 N–H and O–H groups in total. The van der Waals surface area contributed by atoms with Crippen molar-refractivity contribution in [3.63, 3.8) is 0 Å². The van der Waals surface area contributed by atoms with Crippen molar-refractivity contribution >= 4 is 5.82 Å². The standard InChI is InChI=1S/C15H15N3O/c1-11-7-8-13(9-16)15(18-11)17-10-14(19)12-5-3-2-4-6-12/h2-8,14,19H,10H2,1H3,(H,17,18). The van der Waals surface area contributed by atoms with Gasteiger partial charge < -0.3 is 10.4 Å². The van der Waals surface area contributed by atoms with Gasteiger partial charge in [0.2, 0.25) is 0 Å². The van der Waals surface area contributed by atoms with Gasteiger partial charge in [0.1, 0.15) is 11.9 Å². The fourth-order valence-corrected chi connectivity index (χ4v) is 1.77. The van der Waals surface area contributed by atoms with Gasteiger partial charge in [-0.25, -0.2) is 4.98 Å². The molecule has 0 radical (unpaired) electrons. The summed E-state index contributed by atoms with van der Waals surface area (Å²) in [6.07, 6.45) is -0.630. The summed E-state index contributed by atoms with van der Waals surface area (Å²) in [6.45, 7) is 2.18. The summed E-state index contributed by atoms with van der Waals surface area (Å²) < 4.78 is 0. The van der Waals surface area contributed by atoms with Crippen LogP contribution in [0.25, 0.3) is 0 Å². The molecule has 4 heteroatoms. The van der Waals surface area contributed by atoms with Crippen LogP contribution in [0.5, 0.6) is 0 Å². The van der Waals surface area contributed by atoms with E-state index >= 15 is 0 Å². The summed E-state index contributed by atoms with van der Waals surface area (Å²) in [6, 6.07) is 15.0. The second-order valence-corrected chi connectivity index (χ2v) is 4.27. The first-order valence-electron chi connectivity index (χ1n) is 6.05. The summed E-state index contributed by atoms with van der Waals surface area (Å²) >= 11 is 0. The molecular weight excluding hydrogens is 238 g/mol. The number of aromatic nitrogens is 1. The monoisotopic (exact) mass is 253 g/mol. The Morgan fingerprint density at radius 3 is 2.68 bits per heavy atom. The average molecular weight is 253 g/mol. The van der Waals surface area contributed by atoms with Crippen molar-refractivity contribution in [1.82, 2.24) is 4.98 Å². The minimum Gasteiger partial charge on any atom is -0.387 e. The van der Waals surface area contributed by atoms with Crippen LogP contribution in [0.4, 0.5) is 5.82 Å². The summed E-state index contributed by atoms with van der Waals surface area (Å²) in [7, 11) is 0. The molecule has 19 heavy (non-hydrogen) atoms. The van der Waals surface area contributed by atoms with E-state index in [4.69, 9.17) is 5.26 Å². The zero-order valence-corrected chi connectivity index (χ0v) is 10.7. The first kappa shape index (κ1) is 13.1. The zero-order chi connectivity index (χ0) is 13.7. The van der Waals surface area contributed by atoms with E-state index in [1.165, 1.54) is 0 Å². The molecule has 2 rings (SSSR count). The van der Waals surface area contributed by atoms with Crippen LogP contribution < -0.4 is 5.32 Å². The van der Waals surface area contributed by atoms with Crippen LogP contribution in [0.3, 0.4) is 0 Å². The van der Waals surface area contributed by atoms with Crippen molar-refractivity contribution in [1.29, 1.82) is 5.26 Å². The summed E-state index contributed by atoms with van der Waals surface area (Å²) in [4.78, 5) is 4.26. The Labute approximate surface area is 112 Å². The molecule has 4 nitrogen and oxygen atoms in total. The first-order chi connectivity index (χ1) is 9.20. The first-order valence-corrected chi connectivity index (χ1v) is 6.05. The van der Waals surface area contributed by atoms with Gasteiger partial charge in [0.05, 0.1) is 11.7 Å². The lowest BCUT2D eigenvalue weighted by atomic mass is 10.1. The lowest BCUT2D eigenvalue weighted by molar-refractivity contribution is 0.191. The SMILES string of the molecule is Cc1ccc(C#N)c(NCC(O)c2ccccc2)n1. The molecule has 1 unspecified atom stereocenters. The number of rotatable bonds is 4. The maximum atomic E-state index is 10.0. The lowest BCUT2D eigenvalue weighted by Crippen LogP contribution is -2.14. The number of hydrogen-bond donors (Lipinski definition) is 2. The quantitative estimate of drug-likeness (QED) is 0.878. The fourth-order valence-electron chi connectivity index (χ4n) is 1.77. The van der Waals surface area contributed by atoms with E-state index in [-0.39, 0.29) is 0 Å². The molecule has 0 aliphatic carbocycles. The molecule has 2 aromatic rings. The van der Waals surface area contributed by atoms with Crippen molar-refractivity contribution in [2.24, 2.45) is 0 Å². The molecule has 0 aliphatic heterocycles. The minimum absolute atomic E-state index is 0.315. The van der Waals surface area contributed by atoms with Crippen LogP contribution in [0, 0.1) is 18.3 Å². The molecule has 0 spiro atoms. The molecule has 1 heterocycles. The smallest absolute Gasteiger partial charge is 0.144 e. The molecule has 1 aromatic carbocycles. The highest BCUT2D eigenvalue weighted by atomic mass is 16.3. The van der Waals surface area contributed by atoms with Gasteiger partial charge in [-0.3, -0.25) is 0 Å². The highest BCUT2D eigenvalue weighted by molar-refractivity contribution is 5.52. The van der Waals surface area contributed by atoms with Crippen LogP contribution >= 0.6 is 0 Å². The van der Waals surface area contributed by atoms with Gasteiger partial charge in [0.15, 0.2) is 0 Å². The van der Waals surface area contributed by atoms with E-state index in [0.717, 1.165) is 11.3 Å². The van der Waals surface area contributed by atoms with E-state index in [9.17, 15) is 5.11 Å². The van der Waals surface area contributed by atoms with Gasteiger partial charge in [-0.2, -0.15) is 5.26 Å². The summed E-state index contributed by atoms with van der Waals surface area (Å²) in [5, 5.41) is 22.1. The van der Waals surface area contributed by atoms with Crippen LogP contribution in [0.15, 0.2) is 42.5 Å². The predicted octanol–water partition coefficient (Wildman–Crippen LogP) is 2.41. The molecule has 1 atom stereocenters. The van der Waals surface area contributed by atoms with Gasteiger partial charge in [-0.15, -0.1) is 0 Å². The molecule has 0 amide bonds. The normalized spacial score (nSPS) is 11.6. The zero-order valence-electron chi connectivity index (χ0n) is 10.7. The van der Waals surface area contributed by atoms with E-state index in [0.29, 0.717) is 17.9 Å². The number of anilines is 1. The largest absolute Gasteiger partial charge is 0.387 e. The molecule has 0 saturated carbocycles. The van der Waals surface area contributed by atoms with Crippen LogP contribution in [0.2, 0.25) is 0 Å². The summed E-state index contributed by atoms with van der Waals surface area (Å²) in [5.74, 6) is 0.512. The van der Waals surface area contributed by atoms with E-state index < -0.39 is 6.10 Å². The molecule has 0 fully saturated rings. The average Bonchev–Trinajstić information content (AvgIpc) is 2.46. The van der Waals surface area contributed by atoms with Crippen molar-refractivity contribution in [3.05, 3.63) is 59.3 Å². The Kier molecular flexibility index (Phi) is 4.11. The number of nitrogens with one attached hydrogen (secondary N) is 1. The minimum atomic E-state index is -0.630. The topological polar surface area (TPSA) is 68.9 Å². The molecule has 0 bridgehead atoms. The van der Waals surface area contributed by atoms with Crippen molar-refractivity contribution in [2.45, 2.75) is 13.0 Å². The molecular formula is C15H15N3O. The van der Waals surface area contributed by atoms with Gasteiger partial charge in [0.25, 0.3) is 0 Å². The Morgan fingerprint density at radius 2 is 2.00 bits per heavy atom. The maximum Gasteiger partial charge on any atom is 0.144 e. The van der Waals surface area contributed by atoms with E-state index in [1.54, 1.807) is 12.1 Å². The highest BCUT2D eigenvalue weighted by Crippen LogP contribution is 2.16. The third kappa shape index (κ3) is 3.30.